The molecule has 4 aliphatic rings. The monoisotopic (exact) mass is 578 g/mol. The minimum absolute atomic E-state index is 0.00213. The van der Waals surface area contributed by atoms with E-state index in [2.05, 4.69) is 20.8 Å². The Morgan fingerprint density at radius 2 is 2.08 bits per heavy atom. The van der Waals surface area contributed by atoms with Crippen molar-refractivity contribution < 1.29 is 34.5 Å². The van der Waals surface area contributed by atoms with Gasteiger partial charge in [0.25, 0.3) is 0 Å². The van der Waals surface area contributed by atoms with Crippen molar-refractivity contribution in [1.82, 2.24) is 35.3 Å². The molecule has 0 spiro atoms. The van der Waals surface area contributed by atoms with Crippen molar-refractivity contribution in [3.8, 4) is 0 Å². The molecule has 5 heterocycles. The summed E-state index contributed by atoms with van der Waals surface area (Å²) in [7, 11) is 0. The number of tetrazole rings is 1. The number of aliphatic carboxylic acids is 1. The Hall–Kier alpha value is -2.92. The van der Waals surface area contributed by atoms with Crippen LogP contribution in [-0.4, -0.2) is 124 Å². The molecule has 1 aromatic heterocycles. The lowest BCUT2D eigenvalue weighted by Gasteiger charge is -2.47. The second-order valence-corrected chi connectivity index (χ2v) is 12.4. The molecule has 4 aliphatic heterocycles. The van der Waals surface area contributed by atoms with Crippen LogP contribution < -0.4 is 11.1 Å². The number of Topliss-reactive ketones (excluding diaryl/α,β-unsaturated/α-hetero) is 1. The lowest BCUT2D eigenvalue weighted by molar-refractivity contribution is -0.160. The van der Waals surface area contributed by atoms with Gasteiger partial charge in [-0.2, -0.15) is 0 Å². The first-order valence-corrected chi connectivity index (χ1v) is 14.2. The molecule has 15 nitrogen and oxygen atoms in total. The van der Waals surface area contributed by atoms with Crippen LogP contribution in [0.1, 0.15) is 26.7 Å². The SMILES string of the molecule is CC(CC(=O)Cn1cnnn1)[C@H]1C(=O)N2C(C(=O)O)=C(S[C@@H]3CN[C@H](C(=O)N4CC(O)[C@@H](N)C4CO)C3)[C@H](C)[C@H]12. The number of nitrogens with two attached hydrogens (primary N) is 1. The number of hydrogen-bond acceptors (Lipinski definition) is 12. The van der Waals surface area contributed by atoms with E-state index in [4.69, 9.17) is 5.73 Å². The van der Waals surface area contributed by atoms with Crippen molar-refractivity contribution in [2.24, 2.45) is 23.5 Å². The fourth-order valence-corrected chi connectivity index (χ4v) is 7.99. The van der Waals surface area contributed by atoms with Crippen LogP contribution in [0.2, 0.25) is 0 Å². The van der Waals surface area contributed by atoms with Crippen LogP contribution in [0.25, 0.3) is 0 Å². The molecule has 0 radical (unpaired) electrons. The van der Waals surface area contributed by atoms with Crippen molar-refractivity contribution in [3.63, 3.8) is 0 Å². The molecule has 3 fully saturated rings. The van der Waals surface area contributed by atoms with Gasteiger partial charge in [0.15, 0.2) is 5.78 Å². The number of nitrogens with one attached hydrogen (secondary N) is 1. The highest BCUT2D eigenvalue weighted by Crippen LogP contribution is 2.53. The minimum Gasteiger partial charge on any atom is -0.477 e. The molecular formula is C24H34N8O7S. The van der Waals surface area contributed by atoms with E-state index in [0.29, 0.717) is 17.9 Å². The highest BCUT2D eigenvalue weighted by molar-refractivity contribution is 8.03. The molecule has 3 unspecified atom stereocenters. The van der Waals surface area contributed by atoms with Crippen LogP contribution in [-0.2, 0) is 25.7 Å². The van der Waals surface area contributed by atoms with E-state index in [1.165, 1.54) is 32.6 Å². The molecule has 5 rings (SSSR count). The maximum absolute atomic E-state index is 13.2. The number of ketones is 1. The summed E-state index contributed by atoms with van der Waals surface area (Å²) >= 11 is 1.37. The van der Waals surface area contributed by atoms with Gasteiger partial charge in [0.2, 0.25) is 11.8 Å². The van der Waals surface area contributed by atoms with E-state index in [0.717, 1.165) is 0 Å². The number of fused-ring (bicyclic) bond motifs is 1. The van der Waals surface area contributed by atoms with Crippen LogP contribution in [0.3, 0.4) is 0 Å². The van der Waals surface area contributed by atoms with Crippen molar-refractivity contribution >= 4 is 35.3 Å². The number of thioether (sulfide) groups is 1. The van der Waals surface area contributed by atoms with E-state index in [9.17, 15) is 34.5 Å². The Morgan fingerprint density at radius 3 is 2.73 bits per heavy atom. The van der Waals surface area contributed by atoms with Crippen LogP contribution in [0, 0.1) is 17.8 Å². The summed E-state index contributed by atoms with van der Waals surface area (Å²) in [4.78, 5) is 54.6. The average molecular weight is 579 g/mol. The van der Waals surface area contributed by atoms with Crippen molar-refractivity contribution in [2.45, 2.75) is 68.8 Å². The number of aliphatic hydroxyl groups is 2. The molecule has 1 aromatic rings. The fraction of sp³-hybridized carbons (Fsp3) is 0.708. The van der Waals surface area contributed by atoms with Crippen LogP contribution in [0.4, 0.5) is 0 Å². The van der Waals surface area contributed by atoms with Gasteiger partial charge in [-0.05, 0) is 22.8 Å². The first-order chi connectivity index (χ1) is 19.0. The Bertz CT molecular complexity index is 1210. The molecule has 0 bridgehead atoms. The number of β-lactam (4-membered cyclic amide) rings is 1. The molecule has 218 valence electrons. The molecule has 0 aliphatic carbocycles. The quantitative estimate of drug-likeness (QED) is 0.180. The van der Waals surface area contributed by atoms with E-state index < -0.39 is 36.1 Å². The second kappa shape index (κ2) is 11.2. The molecule has 6 N–H and O–H groups in total. The first-order valence-electron chi connectivity index (χ1n) is 13.3. The number of rotatable bonds is 10. The second-order valence-electron chi connectivity index (χ2n) is 11.1. The number of carboxylic acid groups (broad SMARTS) is 1. The van der Waals surface area contributed by atoms with Crippen LogP contribution in [0.15, 0.2) is 16.9 Å². The fourth-order valence-electron chi connectivity index (χ4n) is 6.51. The first kappa shape index (κ1) is 28.6. The third-order valence-electron chi connectivity index (χ3n) is 8.51. The molecule has 3 saturated heterocycles. The van der Waals surface area contributed by atoms with Gasteiger partial charge < -0.3 is 36.2 Å². The number of carboxylic acids is 1. The summed E-state index contributed by atoms with van der Waals surface area (Å²) < 4.78 is 1.32. The third kappa shape index (κ3) is 4.91. The zero-order chi connectivity index (χ0) is 28.9. The summed E-state index contributed by atoms with van der Waals surface area (Å²) in [5.41, 5.74) is 5.91. The predicted octanol–water partition coefficient (Wildman–Crippen LogP) is -2.60. The molecule has 2 amide bonds. The van der Waals surface area contributed by atoms with Crippen molar-refractivity contribution in [3.05, 3.63) is 16.9 Å². The number of amides is 2. The summed E-state index contributed by atoms with van der Waals surface area (Å²) in [6.07, 6.45) is 0.978. The lowest BCUT2D eigenvalue weighted by atomic mass is 9.73. The topological polar surface area (TPSA) is 217 Å². The van der Waals surface area contributed by atoms with Crippen LogP contribution >= 0.6 is 11.8 Å². The molecule has 9 atom stereocenters. The largest absolute Gasteiger partial charge is 0.477 e. The number of carbonyl (C=O) groups is 4. The summed E-state index contributed by atoms with van der Waals surface area (Å²) in [6.45, 7) is 3.86. The maximum atomic E-state index is 13.2. The highest BCUT2D eigenvalue weighted by atomic mass is 32.2. The van der Waals surface area contributed by atoms with E-state index in [1.54, 1.807) is 0 Å². The Balaban J connectivity index is 1.24. The molecular weight excluding hydrogens is 544 g/mol. The number of nitrogens with zero attached hydrogens (tertiary/aromatic N) is 6. The van der Waals surface area contributed by atoms with Gasteiger partial charge in [-0.15, -0.1) is 16.9 Å². The molecule has 16 heteroatoms. The third-order valence-corrected chi connectivity index (χ3v) is 10.0. The highest BCUT2D eigenvalue weighted by Gasteiger charge is 2.60. The van der Waals surface area contributed by atoms with Gasteiger partial charge in [-0.25, -0.2) is 9.48 Å². The number of likely N-dealkylation sites (tertiary alicyclic amines) is 1. The van der Waals surface area contributed by atoms with Crippen LogP contribution in [0.5, 0.6) is 0 Å². The van der Waals surface area contributed by atoms with Crippen molar-refractivity contribution in [2.75, 3.05) is 19.7 Å². The molecule has 0 saturated carbocycles. The summed E-state index contributed by atoms with van der Waals surface area (Å²) in [5.74, 6) is -2.91. The zero-order valence-corrected chi connectivity index (χ0v) is 23.0. The van der Waals surface area contributed by atoms with Crippen molar-refractivity contribution in [1.29, 1.82) is 0 Å². The number of hydrogen-bond donors (Lipinski definition) is 5. The molecule has 40 heavy (non-hydrogen) atoms. The van der Waals surface area contributed by atoms with Gasteiger partial charge >= 0.3 is 5.97 Å². The van der Waals surface area contributed by atoms with Gasteiger partial charge in [-0.1, -0.05) is 13.8 Å². The average Bonchev–Trinajstić information content (AvgIpc) is 3.67. The zero-order valence-electron chi connectivity index (χ0n) is 22.2. The summed E-state index contributed by atoms with van der Waals surface area (Å²) in [5, 5.41) is 43.6. The normalized spacial score (nSPS) is 34.3. The number of aliphatic hydroxyl groups excluding tert-OH is 2. The van der Waals surface area contributed by atoms with Gasteiger partial charge in [0, 0.05) is 35.6 Å². The smallest absolute Gasteiger partial charge is 0.353 e. The Labute approximate surface area is 234 Å². The van der Waals surface area contributed by atoms with Gasteiger partial charge in [0.1, 0.15) is 18.6 Å². The van der Waals surface area contributed by atoms with E-state index in [-0.39, 0.29) is 72.5 Å². The predicted molar refractivity (Wildman–Crippen MR) is 139 cm³/mol. The Kier molecular flexibility index (Phi) is 7.98. The number of β-amino-alcohol motifs (C(OH)–C–C–N with tert-alkyl or cyclic N) is 1. The van der Waals surface area contributed by atoms with E-state index in [1.807, 2.05) is 13.8 Å². The molecule has 0 aromatic carbocycles. The maximum Gasteiger partial charge on any atom is 0.353 e. The number of aromatic nitrogens is 4. The minimum atomic E-state index is -1.18. The lowest BCUT2D eigenvalue weighted by Crippen LogP contribution is -2.62. The Morgan fingerprint density at radius 1 is 1.32 bits per heavy atom. The van der Waals surface area contributed by atoms with E-state index >= 15 is 0 Å². The van der Waals surface area contributed by atoms with Gasteiger partial charge in [-0.3, -0.25) is 14.4 Å². The van der Waals surface area contributed by atoms with Gasteiger partial charge in [0.05, 0.1) is 42.8 Å². The number of carbonyl (C=O) groups excluding carboxylic acids is 3. The standard InChI is InChI=1S/C24H34N8O7S/c1-10(3-12(34)6-30-9-27-28-29-30)17-19-11(2)21(20(24(38)39)32(19)23(17)37)40-13-4-14(26-5-13)22(36)31-7-16(35)18(25)15(31)8-33/h9-11,13-19,26,33,35H,3-8,25H2,1-2H3,(H,38,39)/t10?,11-,13+,14+,15?,16?,17-,18+,19-/m1/s1. The summed E-state index contributed by atoms with van der Waals surface area (Å²) in [6, 6.07) is -2.32.